The summed E-state index contributed by atoms with van der Waals surface area (Å²) in [5.41, 5.74) is 0.499. The van der Waals surface area contributed by atoms with Crippen LogP contribution in [0.25, 0.3) is 0 Å². The van der Waals surface area contributed by atoms with Crippen molar-refractivity contribution in [3.05, 3.63) is 0 Å². The highest BCUT2D eigenvalue weighted by molar-refractivity contribution is 14.0. The summed E-state index contributed by atoms with van der Waals surface area (Å²) in [7, 11) is 4.10. The summed E-state index contributed by atoms with van der Waals surface area (Å²) in [5.74, 6) is 2.54. The molecule has 0 aromatic rings. The molecule has 1 aliphatic carbocycles. The predicted octanol–water partition coefficient (Wildman–Crippen LogP) is 3.33. The molecule has 136 valence electrons. The molecule has 2 fully saturated rings. The fourth-order valence-electron chi connectivity index (χ4n) is 4.37. The van der Waals surface area contributed by atoms with Crippen LogP contribution in [0.4, 0.5) is 0 Å². The number of hydrogen-bond acceptors (Lipinski definition) is 2. The molecule has 0 bridgehead atoms. The molecule has 1 unspecified atom stereocenters. The zero-order chi connectivity index (χ0) is 16.0. The lowest BCUT2D eigenvalue weighted by Crippen LogP contribution is -2.44. The largest absolute Gasteiger partial charge is 0.356 e. The van der Waals surface area contributed by atoms with Gasteiger partial charge in [-0.3, -0.25) is 4.99 Å². The summed E-state index contributed by atoms with van der Waals surface area (Å²) < 4.78 is 0. The van der Waals surface area contributed by atoms with Gasteiger partial charge in [0.05, 0.1) is 0 Å². The molecule has 23 heavy (non-hydrogen) atoms. The van der Waals surface area contributed by atoms with Crippen LogP contribution in [0, 0.1) is 17.3 Å². The van der Waals surface area contributed by atoms with Crippen LogP contribution in [-0.2, 0) is 0 Å². The summed E-state index contributed by atoms with van der Waals surface area (Å²) in [5, 5.41) is 7.16. The van der Waals surface area contributed by atoms with Crippen LogP contribution in [0.5, 0.6) is 0 Å². The van der Waals surface area contributed by atoms with Gasteiger partial charge in [0.2, 0.25) is 0 Å². The van der Waals surface area contributed by atoms with Gasteiger partial charge in [-0.2, -0.15) is 0 Å². The number of likely N-dealkylation sites (tertiary alicyclic amines) is 1. The second kappa shape index (κ2) is 10.1. The van der Waals surface area contributed by atoms with Crippen molar-refractivity contribution in [2.24, 2.45) is 22.2 Å². The van der Waals surface area contributed by atoms with Crippen LogP contribution < -0.4 is 10.6 Å². The number of nitrogens with zero attached hydrogens (tertiary/aromatic N) is 2. The molecular formula is C18H37IN4. The third-order valence-electron chi connectivity index (χ3n) is 5.41. The minimum atomic E-state index is 0. The summed E-state index contributed by atoms with van der Waals surface area (Å²) in [6.07, 6.45) is 8.19. The molecule has 4 nitrogen and oxygen atoms in total. The Morgan fingerprint density at radius 1 is 1.26 bits per heavy atom. The Hall–Kier alpha value is -0.0400. The molecule has 1 atom stereocenters. The lowest BCUT2D eigenvalue weighted by atomic mass is 9.78. The maximum absolute atomic E-state index is 4.42. The summed E-state index contributed by atoms with van der Waals surface area (Å²) in [6, 6.07) is 0. The van der Waals surface area contributed by atoms with E-state index in [1.807, 2.05) is 7.05 Å². The van der Waals surface area contributed by atoms with Crippen LogP contribution in [0.15, 0.2) is 4.99 Å². The van der Waals surface area contributed by atoms with Crippen molar-refractivity contribution in [2.45, 2.75) is 52.4 Å². The Balaban J connectivity index is 0.00000264. The topological polar surface area (TPSA) is 39.7 Å². The molecule has 1 aliphatic heterocycles. The predicted molar refractivity (Wildman–Crippen MR) is 111 cm³/mol. The van der Waals surface area contributed by atoms with Gasteiger partial charge in [-0.05, 0) is 56.5 Å². The fraction of sp³-hybridized carbons (Fsp3) is 0.944. The maximum Gasteiger partial charge on any atom is 0.191 e. The van der Waals surface area contributed by atoms with Gasteiger partial charge >= 0.3 is 0 Å². The highest BCUT2D eigenvalue weighted by Gasteiger charge is 2.34. The lowest BCUT2D eigenvalue weighted by Gasteiger charge is -2.32. The second-order valence-corrected chi connectivity index (χ2v) is 8.03. The van der Waals surface area contributed by atoms with Crippen molar-refractivity contribution < 1.29 is 0 Å². The second-order valence-electron chi connectivity index (χ2n) is 8.03. The van der Waals surface area contributed by atoms with E-state index in [0.29, 0.717) is 5.41 Å². The van der Waals surface area contributed by atoms with E-state index in [1.165, 1.54) is 51.6 Å². The minimum Gasteiger partial charge on any atom is -0.356 e. The standard InChI is InChI=1S/C18H36N4.HI/c1-15(2)11-18(8-5-6-9-18)14-21-17(19-3)20-12-16-7-10-22(4)13-16;/h15-16H,5-14H2,1-4H3,(H2,19,20,21);1H. The summed E-state index contributed by atoms with van der Waals surface area (Å²) in [6.45, 7) is 9.27. The van der Waals surface area contributed by atoms with Gasteiger partial charge in [0, 0.05) is 26.7 Å². The Bertz CT molecular complexity index is 364. The van der Waals surface area contributed by atoms with E-state index < -0.39 is 0 Å². The van der Waals surface area contributed by atoms with Crippen LogP contribution >= 0.6 is 24.0 Å². The molecule has 2 aliphatic rings. The molecule has 0 aromatic carbocycles. The Morgan fingerprint density at radius 2 is 1.96 bits per heavy atom. The number of hydrogen-bond donors (Lipinski definition) is 2. The molecule has 2 N–H and O–H groups in total. The molecule has 2 rings (SSSR count). The molecule has 0 amide bonds. The fourth-order valence-corrected chi connectivity index (χ4v) is 4.37. The number of nitrogens with one attached hydrogen (secondary N) is 2. The molecule has 0 radical (unpaired) electrons. The van der Waals surface area contributed by atoms with Gasteiger partial charge in [-0.25, -0.2) is 0 Å². The first-order valence-electron chi connectivity index (χ1n) is 9.16. The third-order valence-corrected chi connectivity index (χ3v) is 5.41. The van der Waals surface area contributed by atoms with Crippen molar-refractivity contribution in [3.63, 3.8) is 0 Å². The van der Waals surface area contributed by atoms with Crippen LogP contribution in [0.3, 0.4) is 0 Å². The average Bonchev–Trinajstić information content (AvgIpc) is 3.08. The number of aliphatic imine (C=N–C) groups is 1. The van der Waals surface area contributed by atoms with Crippen molar-refractivity contribution in [3.8, 4) is 0 Å². The molecule has 0 aromatic heterocycles. The van der Waals surface area contributed by atoms with E-state index >= 15 is 0 Å². The van der Waals surface area contributed by atoms with Gasteiger partial charge in [-0.1, -0.05) is 26.7 Å². The van der Waals surface area contributed by atoms with Gasteiger partial charge in [0.1, 0.15) is 0 Å². The summed E-state index contributed by atoms with van der Waals surface area (Å²) in [4.78, 5) is 6.84. The smallest absolute Gasteiger partial charge is 0.191 e. The highest BCUT2D eigenvalue weighted by Crippen LogP contribution is 2.42. The van der Waals surface area contributed by atoms with Crippen molar-refractivity contribution in [1.82, 2.24) is 15.5 Å². The molecule has 1 heterocycles. The Labute approximate surface area is 160 Å². The average molecular weight is 436 g/mol. The molecule has 5 heteroatoms. The minimum absolute atomic E-state index is 0. The monoisotopic (exact) mass is 436 g/mol. The highest BCUT2D eigenvalue weighted by atomic mass is 127. The van der Waals surface area contributed by atoms with E-state index in [9.17, 15) is 0 Å². The van der Waals surface area contributed by atoms with E-state index in [4.69, 9.17) is 0 Å². The van der Waals surface area contributed by atoms with Gasteiger partial charge in [0.25, 0.3) is 0 Å². The van der Waals surface area contributed by atoms with Crippen LogP contribution in [0.2, 0.25) is 0 Å². The first-order chi connectivity index (χ1) is 10.5. The first-order valence-corrected chi connectivity index (χ1v) is 9.16. The van der Waals surface area contributed by atoms with Crippen molar-refractivity contribution >= 4 is 29.9 Å². The Kier molecular flexibility index (Phi) is 9.19. The molecular weight excluding hydrogens is 399 g/mol. The lowest BCUT2D eigenvalue weighted by molar-refractivity contribution is 0.234. The van der Waals surface area contributed by atoms with Gasteiger partial charge < -0.3 is 15.5 Å². The zero-order valence-corrected chi connectivity index (χ0v) is 17.9. The van der Waals surface area contributed by atoms with Crippen molar-refractivity contribution in [1.29, 1.82) is 0 Å². The van der Waals surface area contributed by atoms with E-state index in [-0.39, 0.29) is 24.0 Å². The summed E-state index contributed by atoms with van der Waals surface area (Å²) >= 11 is 0. The first kappa shape index (κ1) is 21.0. The molecule has 0 spiro atoms. The SMILES string of the molecule is CN=C(NCC1CCN(C)C1)NCC1(CC(C)C)CCCC1.I. The quantitative estimate of drug-likeness (QED) is 0.381. The third kappa shape index (κ3) is 6.77. The van der Waals surface area contributed by atoms with Crippen LogP contribution in [0.1, 0.15) is 52.4 Å². The molecule has 1 saturated heterocycles. The van der Waals surface area contributed by atoms with Crippen LogP contribution in [-0.4, -0.2) is 51.1 Å². The number of halogens is 1. The normalized spacial score (nSPS) is 24.7. The number of rotatable bonds is 6. The van der Waals surface area contributed by atoms with E-state index in [2.05, 4.69) is 41.4 Å². The molecule has 1 saturated carbocycles. The van der Waals surface area contributed by atoms with Gasteiger partial charge in [0.15, 0.2) is 5.96 Å². The number of guanidine groups is 1. The maximum atomic E-state index is 4.42. The van der Waals surface area contributed by atoms with Crippen molar-refractivity contribution in [2.75, 3.05) is 40.3 Å². The van der Waals surface area contributed by atoms with E-state index in [1.54, 1.807) is 0 Å². The van der Waals surface area contributed by atoms with E-state index in [0.717, 1.165) is 30.9 Å². The zero-order valence-electron chi connectivity index (χ0n) is 15.5. The van der Waals surface area contributed by atoms with Gasteiger partial charge in [-0.15, -0.1) is 24.0 Å². The Morgan fingerprint density at radius 3 is 2.48 bits per heavy atom.